The van der Waals surface area contributed by atoms with Gasteiger partial charge in [0.15, 0.2) is 0 Å². The molecule has 2 N–H and O–H groups in total. The van der Waals surface area contributed by atoms with E-state index in [-0.39, 0.29) is 6.03 Å². The number of para-hydroxylation sites is 1. The summed E-state index contributed by atoms with van der Waals surface area (Å²) in [7, 11) is 0. The zero-order chi connectivity index (χ0) is 22.3. The van der Waals surface area contributed by atoms with Gasteiger partial charge >= 0.3 is 6.03 Å². The summed E-state index contributed by atoms with van der Waals surface area (Å²) in [4.78, 5) is 16.8. The Morgan fingerprint density at radius 3 is 2.44 bits per heavy atom. The molecule has 4 rings (SSSR count). The maximum absolute atomic E-state index is 12.5. The monoisotopic (exact) mass is 427 g/mol. The van der Waals surface area contributed by atoms with Crippen LogP contribution < -0.4 is 15.4 Å². The van der Waals surface area contributed by atoms with Crippen LogP contribution in [0.4, 0.5) is 10.5 Å². The van der Waals surface area contributed by atoms with Crippen LogP contribution in [-0.4, -0.2) is 20.8 Å². The molecule has 162 valence electrons. The van der Waals surface area contributed by atoms with E-state index in [2.05, 4.69) is 20.7 Å². The van der Waals surface area contributed by atoms with Crippen molar-refractivity contribution in [2.45, 2.75) is 27.0 Å². The third kappa shape index (κ3) is 5.13. The first-order valence-corrected chi connectivity index (χ1v) is 10.4. The first-order chi connectivity index (χ1) is 15.6. The molecule has 0 fully saturated rings. The van der Waals surface area contributed by atoms with Crippen molar-refractivity contribution < 1.29 is 9.53 Å². The van der Waals surface area contributed by atoms with Gasteiger partial charge in [-0.15, -0.1) is 0 Å². The Balaban J connectivity index is 1.35. The number of aryl methyl sites for hydroxylation is 1. The van der Waals surface area contributed by atoms with Crippen LogP contribution in [0.5, 0.6) is 5.88 Å². The lowest BCUT2D eigenvalue weighted by Crippen LogP contribution is -2.28. The van der Waals surface area contributed by atoms with Crippen molar-refractivity contribution in [1.29, 1.82) is 0 Å². The molecule has 0 aliphatic rings. The first kappa shape index (κ1) is 21.1. The molecule has 4 aromatic rings. The molecule has 0 aliphatic heterocycles. The Kier molecular flexibility index (Phi) is 6.46. The van der Waals surface area contributed by atoms with Crippen molar-refractivity contribution in [3.63, 3.8) is 0 Å². The number of aromatic nitrogens is 3. The Hall–Kier alpha value is -4.13. The molecule has 7 heteroatoms. The highest BCUT2D eigenvalue weighted by Crippen LogP contribution is 2.22. The summed E-state index contributed by atoms with van der Waals surface area (Å²) in [5.41, 5.74) is 5.23. The van der Waals surface area contributed by atoms with Crippen molar-refractivity contribution >= 4 is 11.7 Å². The lowest BCUT2D eigenvalue weighted by atomic mass is 10.2. The molecule has 0 spiro atoms. The van der Waals surface area contributed by atoms with Gasteiger partial charge in [-0.3, -0.25) is 0 Å². The number of pyridine rings is 1. The van der Waals surface area contributed by atoms with E-state index in [1.54, 1.807) is 6.20 Å². The molecule has 2 heterocycles. The number of benzene rings is 2. The molecule has 0 saturated carbocycles. The predicted octanol–water partition coefficient (Wildman–Crippen LogP) is 4.78. The molecular formula is C25H25N5O2. The van der Waals surface area contributed by atoms with E-state index in [9.17, 15) is 4.79 Å². The SMILES string of the molecule is Cc1nn(-c2ccccc2)c(C)c1NC(=O)NCc1ccnc(OCc2ccccc2)c1. The van der Waals surface area contributed by atoms with Gasteiger partial charge in [0.2, 0.25) is 5.88 Å². The molecule has 2 aromatic carbocycles. The van der Waals surface area contributed by atoms with Crippen molar-refractivity contribution in [3.05, 3.63) is 102 Å². The number of ether oxygens (including phenoxy) is 1. The quantitative estimate of drug-likeness (QED) is 0.445. The van der Waals surface area contributed by atoms with E-state index in [1.807, 2.05) is 91.3 Å². The summed E-state index contributed by atoms with van der Waals surface area (Å²) in [5, 5.41) is 10.4. The minimum Gasteiger partial charge on any atom is -0.473 e. The van der Waals surface area contributed by atoms with Gasteiger partial charge < -0.3 is 15.4 Å². The van der Waals surface area contributed by atoms with Gasteiger partial charge in [0.1, 0.15) is 6.61 Å². The molecule has 0 radical (unpaired) electrons. The normalized spacial score (nSPS) is 10.6. The van der Waals surface area contributed by atoms with E-state index in [0.717, 1.165) is 28.2 Å². The molecule has 7 nitrogen and oxygen atoms in total. The number of carbonyl (C=O) groups excluding carboxylic acids is 1. The van der Waals surface area contributed by atoms with Crippen LogP contribution >= 0.6 is 0 Å². The van der Waals surface area contributed by atoms with Crippen LogP contribution in [0.3, 0.4) is 0 Å². The van der Waals surface area contributed by atoms with Crippen LogP contribution in [0, 0.1) is 13.8 Å². The summed E-state index contributed by atoms with van der Waals surface area (Å²) < 4.78 is 7.58. The lowest BCUT2D eigenvalue weighted by Gasteiger charge is -2.10. The number of rotatable bonds is 7. The number of urea groups is 1. The van der Waals surface area contributed by atoms with E-state index in [0.29, 0.717) is 24.7 Å². The van der Waals surface area contributed by atoms with E-state index < -0.39 is 0 Å². The van der Waals surface area contributed by atoms with Crippen LogP contribution in [-0.2, 0) is 13.2 Å². The zero-order valence-electron chi connectivity index (χ0n) is 18.1. The van der Waals surface area contributed by atoms with Crippen molar-refractivity contribution in [3.8, 4) is 11.6 Å². The van der Waals surface area contributed by atoms with Gasteiger partial charge in [0.25, 0.3) is 0 Å². The molecule has 32 heavy (non-hydrogen) atoms. The first-order valence-electron chi connectivity index (χ1n) is 10.4. The number of anilines is 1. The van der Waals surface area contributed by atoms with Crippen molar-refractivity contribution in [2.24, 2.45) is 0 Å². The molecule has 0 bridgehead atoms. The van der Waals surface area contributed by atoms with Gasteiger partial charge in [-0.25, -0.2) is 14.5 Å². The van der Waals surface area contributed by atoms with Gasteiger partial charge in [-0.05, 0) is 43.2 Å². The number of carbonyl (C=O) groups is 1. The smallest absolute Gasteiger partial charge is 0.319 e. The zero-order valence-corrected chi connectivity index (χ0v) is 18.1. The Morgan fingerprint density at radius 1 is 0.969 bits per heavy atom. The highest BCUT2D eigenvalue weighted by atomic mass is 16.5. The lowest BCUT2D eigenvalue weighted by molar-refractivity contribution is 0.251. The minimum absolute atomic E-state index is 0.299. The fraction of sp³-hybridized carbons (Fsp3) is 0.160. The Bertz CT molecular complexity index is 1190. The van der Waals surface area contributed by atoms with E-state index in [4.69, 9.17) is 4.74 Å². The second kappa shape index (κ2) is 9.78. The van der Waals surface area contributed by atoms with Crippen LogP contribution in [0.25, 0.3) is 5.69 Å². The second-order valence-electron chi connectivity index (χ2n) is 7.38. The largest absolute Gasteiger partial charge is 0.473 e. The summed E-state index contributed by atoms with van der Waals surface area (Å²) in [6, 6.07) is 23.1. The van der Waals surface area contributed by atoms with E-state index in [1.165, 1.54) is 0 Å². The summed E-state index contributed by atoms with van der Waals surface area (Å²) in [5.74, 6) is 0.518. The fourth-order valence-corrected chi connectivity index (χ4v) is 3.36. The third-order valence-corrected chi connectivity index (χ3v) is 5.01. The predicted molar refractivity (Wildman–Crippen MR) is 124 cm³/mol. The molecule has 2 aromatic heterocycles. The summed E-state index contributed by atoms with van der Waals surface area (Å²) in [6.45, 7) is 4.60. The molecular weight excluding hydrogens is 402 g/mol. The highest BCUT2D eigenvalue weighted by Gasteiger charge is 2.15. The van der Waals surface area contributed by atoms with Crippen LogP contribution in [0.1, 0.15) is 22.5 Å². The van der Waals surface area contributed by atoms with Gasteiger partial charge in [-0.1, -0.05) is 48.5 Å². The van der Waals surface area contributed by atoms with Crippen molar-refractivity contribution in [2.75, 3.05) is 5.32 Å². The number of hydrogen-bond donors (Lipinski definition) is 2. The number of hydrogen-bond acceptors (Lipinski definition) is 4. The molecule has 0 saturated heterocycles. The number of amides is 2. The number of nitrogens with zero attached hydrogens (tertiary/aromatic N) is 3. The Morgan fingerprint density at radius 2 is 1.69 bits per heavy atom. The van der Waals surface area contributed by atoms with Crippen LogP contribution in [0.2, 0.25) is 0 Å². The second-order valence-corrected chi connectivity index (χ2v) is 7.38. The minimum atomic E-state index is -0.299. The highest BCUT2D eigenvalue weighted by molar-refractivity contribution is 5.90. The topological polar surface area (TPSA) is 81.1 Å². The fourth-order valence-electron chi connectivity index (χ4n) is 3.36. The molecule has 0 aliphatic carbocycles. The maximum Gasteiger partial charge on any atom is 0.319 e. The third-order valence-electron chi connectivity index (χ3n) is 5.01. The average molecular weight is 428 g/mol. The summed E-state index contributed by atoms with van der Waals surface area (Å²) >= 11 is 0. The summed E-state index contributed by atoms with van der Waals surface area (Å²) in [6.07, 6.45) is 1.67. The Labute approximate surface area is 187 Å². The van der Waals surface area contributed by atoms with Gasteiger partial charge in [0.05, 0.1) is 22.8 Å². The van der Waals surface area contributed by atoms with Gasteiger partial charge in [-0.2, -0.15) is 5.10 Å². The van der Waals surface area contributed by atoms with E-state index >= 15 is 0 Å². The van der Waals surface area contributed by atoms with Crippen LogP contribution in [0.15, 0.2) is 79.0 Å². The van der Waals surface area contributed by atoms with Gasteiger partial charge in [0, 0.05) is 18.8 Å². The molecule has 0 atom stereocenters. The maximum atomic E-state index is 12.5. The van der Waals surface area contributed by atoms with Crippen molar-refractivity contribution in [1.82, 2.24) is 20.1 Å². The average Bonchev–Trinajstić information content (AvgIpc) is 3.11. The molecule has 0 unspecified atom stereocenters. The standard InChI is InChI=1S/C25H25N5O2/c1-18-24(19(2)30(29-18)22-11-7-4-8-12-22)28-25(31)27-16-21-13-14-26-23(15-21)32-17-20-9-5-3-6-10-20/h3-15H,16-17H2,1-2H3,(H2,27,28,31). The molecule has 2 amide bonds. The number of nitrogens with one attached hydrogen (secondary N) is 2.